The molecule has 32 heavy (non-hydrogen) atoms. The van der Waals surface area contributed by atoms with Crippen molar-refractivity contribution in [2.45, 2.75) is 13.8 Å². The van der Waals surface area contributed by atoms with Crippen LogP contribution in [0.15, 0.2) is 61.1 Å². The van der Waals surface area contributed by atoms with E-state index in [1.165, 1.54) is 0 Å². The van der Waals surface area contributed by atoms with Crippen LogP contribution in [0.5, 0.6) is 11.5 Å². The van der Waals surface area contributed by atoms with Gasteiger partial charge in [0.05, 0.1) is 24.9 Å². The molecule has 0 spiro atoms. The zero-order valence-corrected chi connectivity index (χ0v) is 18.2. The average molecular weight is 428 g/mol. The highest BCUT2D eigenvalue weighted by molar-refractivity contribution is 5.93. The van der Waals surface area contributed by atoms with Crippen molar-refractivity contribution in [2.75, 3.05) is 36.5 Å². The Labute approximate surface area is 187 Å². The van der Waals surface area contributed by atoms with Gasteiger partial charge in [0.2, 0.25) is 0 Å². The number of fused-ring (bicyclic) bond motifs is 1. The molecule has 0 radical (unpaired) electrons. The molecule has 0 bridgehead atoms. The topological polar surface area (TPSA) is 72.4 Å². The lowest BCUT2D eigenvalue weighted by atomic mass is 10.1. The smallest absolute Gasteiger partial charge is 0.145 e. The van der Waals surface area contributed by atoms with E-state index in [9.17, 15) is 0 Å². The van der Waals surface area contributed by atoms with E-state index in [0.29, 0.717) is 0 Å². The maximum atomic E-state index is 5.99. The quantitative estimate of drug-likeness (QED) is 0.480. The molecule has 3 heterocycles. The van der Waals surface area contributed by atoms with Gasteiger partial charge in [-0.05, 0) is 67.9 Å². The number of anilines is 3. The molecule has 7 heteroatoms. The highest BCUT2D eigenvalue weighted by Gasteiger charge is 2.13. The summed E-state index contributed by atoms with van der Waals surface area (Å²) in [6.45, 7) is 7.26. The molecule has 1 aliphatic rings. The summed E-state index contributed by atoms with van der Waals surface area (Å²) in [4.78, 5) is 15.6. The molecule has 162 valence electrons. The van der Waals surface area contributed by atoms with E-state index in [2.05, 4.69) is 43.4 Å². The second kappa shape index (κ2) is 8.80. The SMILES string of the molecule is Cc1ccc(Oc2ccc(Nc3ncnc4ccc(N5CCOCC5)cc34)cc2C)cn1. The monoisotopic (exact) mass is 427 g/mol. The summed E-state index contributed by atoms with van der Waals surface area (Å²) in [6.07, 6.45) is 3.33. The summed E-state index contributed by atoms with van der Waals surface area (Å²) in [5, 5.41) is 4.44. The van der Waals surface area contributed by atoms with E-state index < -0.39 is 0 Å². The van der Waals surface area contributed by atoms with E-state index in [-0.39, 0.29) is 0 Å². The summed E-state index contributed by atoms with van der Waals surface area (Å²) in [5.41, 5.74) is 4.98. The van der Waals surface area contributed by atoms with Crippen molar-refractivity contribution in [3.63, 3.8) is 0 Å². The normalized spacial score (nSPS) is 13.9. The first-order valence-electron chi connectivity index (χ1n) is 10.7. The first kappa shape index (κ1) is 20.2. The van der Waals surface area contributed by atoms with Gasteiger partial charge in [0.25, 0.3) is 0 Å². The van der Waals surface area contributed by atoms with Gasteiger partial charge in [0.15, 0.2) is 0 Å². The van der Waals surface area contributed by atoms with Gasteiger partial charge in [-0.15, -0.1) is 0 Å². The number of rotatable bonds is 5. The highest BCUT2D eigenvalue weighted by Crippen LogP contribution is 2.31. The third-order valence-corrected chi connectivity index (χ3v) is 5.54. The van der Waals surface area contributed by atoms with Crippen LogP contribution in [0, 0.1) is 13.8 Å². The van der Waals surface area contributed by atoms with Crippen molar-refractivity contribution in [3.05, 3.63) is 72.3 Å². The van der Waals surface area contributed by atoms with Gasteiger partial charge in [0, 0.05) is 35.5 Å². The summed E-state index contributed by atoms with van der Waals surface area (Å²) < 4.78 is 11.5. The van der Waals surface area contributed by atoms with Crippen molar-refractivity contribution in [3.8, 4) is 11.5 Å². The maximum Gasteiger partial charge on any atom is 0.145 e. The molecule has 5 rings (SSSR count). The van der Waals surface area contributed by atoms with Gasteiger partial charge in [-0.1, -0.05) is 0 Å². The number of benzene rings is 2. The van der Waals surface area contributed by atoms with E-state index in [1.807, 2.05) is 44.2 Å². The molecule has 1 fully saturated rings. The zero-order chi connectivity index (χ0) is 21.9. The van der Waals surface area contributed by atoms with Crippen LogP contribution in [0.25, 0.3) is 10.9 Å². The Hall–Kier alpha value is -3.71. The fourth-order valence-corrected chi connectivity index (χ4v) is 3.78. The fourth-order valence-electron chi connectivity index (χ4n) is 3.78. The van der Waals surface area contributed by atoms with Gasteiger partial charge >= 0.3 is 0 Å². The summed E-state index contributed by atoms with van der Waals surface area (Å²) in [6, 6.07) is 16.2. The molecule has 1 aliphatic heterocycles. The molecular formula is C25H25N5O2. The van der Waals surface area contributed by atoms with Gasteiger partial charge in [-0.2, -0.15) is 0 Å². The van der Waals surface area contributed by atoms with Gasteiger partial charge < -0.3 is 19.7 Å². The first-order chi connectivity index (χ1) is 15.7. The number of aromatic nitrogens is 3. The third kappa shape index (κ3) is 4.33. The van der Waals surface area contributed by atoms with Crippen LogP contribution < -0.4 is 15.0 Å². The highest BCUT2D eigenvalue weighted by atomic mass is 16.5. The van der Waals surface area contributed by atoms with Crippen LogP contribution in [0.4, 0.5) is 17.2 Å². The van der Waals surface area contributed by atoms with Crippen LogP contribution in [0.1, 0.15) is 11.3 Å². The molecule has 7 nitrogen and oxygen atoms in total. The van der Waals surface area contributed by atoms with Crippen LogP contribution in [-0.2, 0) is 4.74 Å². The number of morpholine rings is 1. The van der Waals surface area contributed by atoms with Gasteiger partial charge in [-0.25, -0.2) is 9.97 Å². The fraction of sp³-hybridized carbons (Fsp3) is 0.240. The molecule has 0 atom stereocenters. The molecule has 0 amide bonds. The largest absolute Gasteiger partial charge is 0.455 e. The lowest BCUT2D eigenvalue weighted by Gasteiger charge is -2.29. The molecular weight excluding hydrogens is 402 g/mol. The maximum absolute atomic E-state index is 5.99. The predicted octanol–water partition coefficient (Wildman–Crippen LogP) is 5.01. The van der Waals surface area contributed by atoms with Crippen molar-refractivity contribution in [1.82, 2.24) is 15.0 Å². The third-order valence-electron chi connectivity index (χ3n) is 5.54. The predicted molar refractivity (Wildman–Crippen MR) is 126 cm³/mol. The lowest BCUT2D eigenvalue weighted by Crippen LogP contribution is -2.36. The van der Waals surface area contributed by atoms with Crippen LogP contribution in [-0.4, -0.2) is 41.3 Å². The first-order valence-corrected chi connectivity index (χ1v) is 10.7. The van der Waals surface area contributed by atoms with Gasteiger partial charge in [-0.3, -0.25) is 4.98 Å². The van der Waals surface area contributed by atoms with Crippen molar-refractivity contribution < 1.29 is 9.47 Å². The minimum absolute atomic E-state index is 0.719. The van der Waals surface area contributed by atoms with Crippen molar-refractivity contribution >= 4 is 28.1 Å². The molecule has 0 saturated carbocycles. The summed E-state index contributed by atoms with van der Waals surface area (Å²) in [5.74, 6) is 2.29. The molecule has 1 saturated heterocycles. The minimum atomic E-state index is 0.719. The van der Waals surface area contributed by atoms with Crippen molar-refractivity contribution in [2.24, 2.45) is 0 Å². The summed E-state index contributed by atoms with van der Waals surface area (Å²) >= 11 is 0. The van der Waals surface area contributed by atoms with E-state index >= 15 is 0 Å². The Bertz CT molecular complexity index is 1240. The van der Waals surface area contributed by atoms with E-state index in [1.54, 1.807) is 12.5 Å². The average Bonchev–Trinajstić information content (AvgIpc) is 2.83. The van der Waals surface area contributed by atoms with Crippen LogP contribution in [0.3, 0.4) is 0 Å². The molecule has 4 aromatic rings. The van der Waals surface area contributed by atoms with Crippen LogP contribution in [0.2, 0.25) is 0 Å². The number of nitrogens with zero attached hydrogens (tertiary/aromatic N) is 4. The van der Waals surface area contributed by atoms with Crippen molar-refractivity contribution in [1.29, 1.82) is 0 Å². The second-order valence-corrected chi connectivity index (χ2v) is 7.87. The standard InChI is InChI=1S/C25H25N5O2/c1-17-13-19(4-8-24(17)32-21-6-3-18(2)26-15-21)29-25-22-14-20(30-9-11-31-12-10-30)5-7-23(22)27-16-28-25/h3-8,13-16H,9-12H2,1-2H3,(H,27,28,29). The molecule has 2 aromatic carbocycles. The molecule has 2 aromatic heterocycles. The lowest BCUT2D eigenvalue weighted by molar-refractivity contribution is 0.122. The number of nitrogens with one attached hydrogen (secondary N) is 1. The zero-order valence-electron chi connectivity index (χ0n) is 18.2. The van der Waals surface area contributed by atoms with E-state index in [0.717, 1.165) is 77.2 Å². The second-order valence-electron chi connectivity index (χ2n) is 7.87. The number of aryl methyl sites for hydroxylation is 2. The number of ether oxygens (including phenoxy) is 2. The minimum Gasteiger partial charge on any atom is -0.455 e. The Morgan fingerprint density at radius 3 is 2.59 bits per heavy atom. The number of hydrogen-bond acceptors (Lipinski definition) is 7. The Morgan fingerprint density at radius 2 is 1.81 bits per heavy atom. The molecule has 0 aliphatic carbocycles. The van der Waals surface area contributed by atoms with Crippen LogP contribution >= 0.6 is 0 Å². The Morgan fingerprint density at radius 1 is 0.938 bits per heavy atom. The molecule has 0 unspecified atom stereocenters. The summed E-state index contributed by atoms with van der Waals surface area (Å²) in [7, 11) is 0. The molecule has 1 N–H and O–H groups in total. The Balaban J connectivity index is 1.39. The number of hydrogen-bond donors (Lipinski definition) is 1. The van der Waals surface area contributed by atoms with E-state index in [4.69, 9.17) is 9.47 Å². The Kier molecular flexibility index (Phi) is 5.56. The van der Waals surface area contributed by atoms with Gasteiger partial charge in [0.1, 0.15) is 23.6 Å². The number of pyridine rings is 1.